The Morgan fingerprint density at radius 2 is 1.81 bits per heavy atom. The fourth-order valence-corrected chi connectivity index (χ4v) is 3.13. The Morgan fingerprint density at radius 1 is 1.08 bits per heavy atom. The van der Waals surface area contributed by atoms with Gasteiger partial charge in [-0.3, -0.25) is 9.59 Å². The average molecular weight is 358 g/mol. The van der Waals surface area contributed by atoms with Gasteiger partial charge in [-0.15, -0.1) is 0 Å². The van der Waals surface area contributed by atoms with Crippen molar-refractivity contribution in [2.45, 2.75) is 12.8 Å². The van der Waals surface area contributed by atoms with Crippen molar-refractivity contribution in [1.29, 1.82) is 0 Å². The van der Waals surface area contributed by atoms with E-state index < -0.39 is 17.5 Å². The molecule has 6 heteroatoms. The number of hydrogen-bond donors (Lipinski definition) is 1. The first-order valence-electron chi connectivity index (χ1n) is 8.53. The topological polar surface area (TPSA) is 49.4 Å². The molecule has 0 aromatic heterocycles. The van der Waals surface area contributed by atoms with Gasteiger partial charge in [0.05, 0.1) is 5.56 Å². The lowest BCUT2D eigenvalue weighted by Crippen LogP contribution is -2.33. The van der Waals surface area contributed by atoms with Crippen LogP contribution in [0.25, 0.3) is 0 Å². The van der Waals surface area contributed by atoms with Crippen LogP contribution in [0.2, 0.25) is 0 Å². The van der Waals surface area contributed by atoms with E-state index in [9.17, 15) is 18.4 Å². The predicted molar refractivity (Wildman–Crippen MR) is 95.3 cm³/mol. The molecule has 1 aliphatic rings. The maximum Gasteiger partial charge on any atom is 0.258 e. The predicted octanol–water partition coefficient (Wildman–Crippen LogP) is 3.74. The van der Waals surface area contributed by atoms with Crippen molar-refractivity contribution in [3.05, 3.63) is 65.2 Å². The summed E-state index contributed by atoms with van der Waals surface area (Å²) in [5.41, 5.74) is 0.506. The second-order valence-electron chi connectivity index (χ2n) is 6.60. The molecule has 1 saturated heterocycles. The molecule has 0 atom stereocenters. The number of carbonyl (C=O) groups excluding carboxylic acids is 2. The third-order valence-corrected chi connectivity index (χ3v) is 4.67. The Bertz CT molecular complexity index is 830. The molecular weight excluding hydrogens is 338 g/mol. The third-order valence-electron chi connectivity index (χ3n) is 4.67. The number of nitrogens with one attached hydrogen (secondary N) is 1. The van der Waals surface area contributed by atoms with Gasteiger partial charge in [0.1, 0.15) is 11.6 Å². The van der Waals surface area contributed by atoms with Crippen LogP contribution in [0.1, 0.15) is 33.6 Å². The molecule has 4 nitrogen and oxygen atoms in total. The second kappa shape index (κ2) is 7.74. The van der Waals surface area contributed by atoms with Crippen molar-refractivity contribution >= 4 is 17.4 Å². The quantitative estimate of drug-likeness (QED) is 0.847. The van der Waals surface area contributed by atoms with Crippen molar-refractivity contribution in [3.8, 4) is 0 Å². The fourth-order valence-electron chi connectivity index (χ4n) is 3.13. The maximum absolute atomic E-state index is 13.7. The molecule has 26 heavy (non-hydrogen) atoms. The first-order valence-corrected chi connectivity index (χ1v) is 8.53. The van der Waals surface area contributed by atoms with E-state index in [-0.39, 0.29) is 17.3 Å². The number of amides is 1. The highest BCUT2D eigenvalue weighted by Gasteiger charge is 2.24. The van der Waals surface area contributed by atoms with Gasteiger partial charge in [-0.1, -0.05) is 12.1 Å². The van der Waals surface area contributed by atoms with Crippen LogP contribution in [-0.2, 0) is 0 Å². The maximum atomic E-state index is 13.7. The number of Topliss-reactive ketones (excluding diaryl/α,β-unsaturated/α-hetero) is 1. The Labute approximate surface area is 150 Å². The van der Waals surface area contributed by atoms with E-state index in [0.717, 1.165) is 44.1 Å². The third kappa shape index (κ3) is 4.14. The number of anilines is 1. The van der Waals surface area contributed by atoms with Crippen LogP contribution < -0.4 is 5.32 Å². The molecule has 3 rings (SSSR count). The molecule has 1 aliphatic heterocycles. The first kappa shape index (κ1) is 18.2. The van der Waals surface area contributed by atoms with Gasteiger partial charge in [0, 0.05) is 17.2 Å². The largest absolute Gasteiger partial charge is 0.322 e. The van der Waals surface area contributed by atoms with Crippen molar-refractivity contribution < 1.29 is 18.4 Å². The summed E-state index contributed by atoms with van der Waals surface area (Å²) in [5, 5.41) is 2.53. The zero-order chi connectivity index (χ0) is 18.7. The molecule has 0 unspecified atom stereocenters. The number of nitrogens with zero attached hydrogens (tertiary/aromatic N) is 1. The summed E-state index contributed by atoms with van der Waals surface area (Å²) in [7, 11) is 2.03. The number of benzene rings is 2. The first-order chi connectivity index (χ1) is 12.4. The van der Waals surface area contributed by atoms with Gasteiger partial charge < -0.3 is 10.2 Å². The van der Waals surface area contributed by atoms with E-state index in [0.29, 0.717) is 11.3 Å². The highest BCUT2D eigenvalue weighted by Crippen LogP contribution is 2.23. The zero-order valence-corrected chi connectivity index (χ0v) is 14.5. The van der Waals surface area contributed by atoms with E-state index in [1.54, 1.807) is 24.3 Å². The van der Waals surface area contributed by atoms with Gasteiger partial charge in [0.15, 0.2) is 5.78 Å². The van der Waals surface area contributed by atoms with Gasteiger partial charge in [-0.2, -0.15) is 0 Å². The van der Waals surface area contributed by atoms with Crippen molar-refractivity contribution in [3.63, 3.8) is 0 Å². The number of hydrogen-bond acceptors (Lipinski definition) is 3. The van der Waals surface area contributed by atoms with E-state index >= 15 is 0 Å². The standard InChI is InChI=1S/C20H20F2N2O2/c1-24-9-7-13(8-10-24)19(25)14-3-2-4-16(11-14)23-20(26)17-12-15(21)5-6-18(17)22/h2-6,11-13H,7-10H2,1H3,(H,23,26). The molecule has 0 aliphatic carbocycles. The number of halogens is 2. The lowest BCUT2D eigenvalue weighted by Gasteiger charge is -2.28. The summed E-state index contributed by atoms with van der Waals surface area (Å²) in [5.74, 6) is -2.24. The van der Waals surface area contributed by atoms with Gasteiger partial charge in [0.25, 0.3) is 5.91 Å². The minimum absolute atomic E-state index is 0.0298. The van der Waals surface area contributed by atoms with Gasteiger partial charge in [0.2, 0.25) is 0 Å². The fraction of sp³-hybridized carbons (Fsp3) is 0.300. The molecular formula is C20H20F2N2O2. The Balaban J connectivity index is 1.74. The summed E-state index contributed by atoms with van der Waals surface area (Å²) < 4.78 is 27.0. The van der Waals surface area contributed by atoms with Gasteiger partial charge in [-0.05, 0) is 63.3 Å². The zero-order valence-electron chi connectivity index (χ0n) is 14.5. The smallest absolute Gasteiger partial charge is 0.258 e. The van der Waals surface area contributed by atoms with Crippen LogP contribution in [0.5, 0.6) is 0 Å². The Morgan fingerprint density at radius 3 is 2.54 bits per heavy atom. The van der Waals surface area contributed by atoms with Crippen molar-refractivity contribution in [2.24, 2.45) is 5.92 Å². The van der Waals surface area contributed by atoms with E-state index in [1.165, 1.54) is 0 Å². The van der Waals surface area contributed by atoms with Crippen LogP contribution in [0, 0.1) is 17.6 Å². The van der Waals surface area contributed by atoms with E-state index in [1.807, 2.05) is 7.05 Å². The van der Waals surface area contributed by atoms with Crippen LogP contribution in [0.15, 0.2) is 42.5 Å². The Kier molecular flexibility index (Phi) is 5.42. The molecule has 0 spiro atoms. The molecule has 2 aromatic rings. The van der Waals surface area contributed by atoms with Gasteiger partial charge >= 0.3 is 0 Å². The normalized spacial score (nSPS) is 15.7. The van der Waals surface area contributed by atoms with Crippen molar-refractivity contribution in [2.75, 3.05) is 25.5 Å². The lowest BCUT2D eigenvalue weighted by atomic mass is 9.89. The number of piperidine rings is 1. The molecule has 1 N–H and O–H groups in total. The van der Waals surface area contributed by atoms with Crippen LogP contribution in [-0.4, -0.2) is 36.7 Å². The lowest BCUT2D eigenvalue weighted by molar-refractivity contribution is 0.0856. The summed E-state index contributed by atoms with van der Waals surface area (Å²) in [6.45, 7) is 1.76. The molecule has 1 amide bonds. The molecule has 0 radical (unpaired) electrons. The minimum Gasteiger partial charge on any atom is -0.322 e. The summed E-state index contributed by atoms with van der Waals surface area (Å²) in [4.78, 5) is 27.1. The summed E-state index contributed by atoms with van der Waals surface area (Å²) >= 11 is 0. The van der Waals surface area contributed by atoms with Crippen LogP contribution in [0.4, 0.5) is 14.5 Å². The number of likely N-dealkylation sites (tertiary alicyclic amines) is 1. The van der Waals surface area contributed by atoms with Crippen molar-refractivity contribution in [1.82, 2.24) is 4.90 Å². The Hall–Kier alpha value is -2.60. The van der Waals surface area contributed by atoms with Crippen LogP contribution >= 0.6 is 0 Å². The molecule has 0 saturated carbocycles. The van der Waals surface area contributed by atoms with Gasteiger partial charge in [-0.25, -0.2) is 8.78 Å². The number of rotatable bonds is 4. The summed E-state index contributed by atoms with van der Waals surface area (Å²) in [6.07, 6.45) is 1.61. The molecule has 1 heterocycles. The molecule has 1 fully saturated rings. The number of ketones is 1. The highest BCUT2D eigenvalue weighted by atomic mass is 19.1. The molecule has 0 bridgehead atoms. The molecule has 2 aromatic carbocycles. The van der Waals surface area contributed by atoms with Crippen LogP contribution in [0.3, 0.4) is 0 Å². The SMILES string of the molecule is CN1CCC(C(=O)c2cccc(NC(=O)c3cc(F)ccc3F)c2)CC1. The average Bonchev–Trinajstić information content (AvgIpc) is 2.64. The number of carbonyl (C=O) groups is 2. The molecule has 136 valence electrons. The summed E-state index contributed by atoms with van der Waals surface area (Å²) in [6, 6.07) is 9.27. The minimum atomic E-state index is -0.803. The van der Waals surface area contributed by atoms with E-state index in [2.05, 4.69) is 10.2 Å². The highest BCUT2D eigenvalue weighted by molar-refractivity contribution is 6.05. The monoisotopic (exact) mass is 358 g/mol. The van der Waals surface area contributed by atoms with E-state index in [4.69, 9.17) is 0 Å². The second-order valence-corrected chi connectivity index (χ2v) is 6.60.